The molecule has 0 spiro atoms. The summed E-state index contributed by atoms with van der Waals surface area (Å²) in [6.07, 6.45) is 7.57. The van der Waals surface area contributed by atoms with Crippen LogP contribution < -0.4 is 10.6 Å². The first-order valence-corrected chi connectivity index (χ1v) is 12.1. The number of carbonyl (C=O) groups is 1. The second-order valence-electron chi connectivity index (χ2n) is 8.80. The van der Waals surface area contributed by atoms with Gasteiger partial charge in [0.05, 0.1) is 22.7 Å². The maximum atomic E-state index is 12.8. The van der Waals surface area contributed by atoms with Gasteiger partial charge in [-0.1, -0.05) is 18.2 Å². The number of hydrogen-bond acceptors (Lipinski definition) is 6. The average Bonchev–Trinajstić information content (AvgIpc) is 3.51. The first-order chi connectivity index (χ1) is 15.6. The quantitative estimate of drug-likeness (QED) is 0.532. The van der Waals surface area contributed by atoms with Crippen molar-refractivity contribution >= 4 is 22.9 Å². The van der Waals surface area contributed by atoms with Crippen LogP contribution in [0.1, 0.15) is 58.0 Å². The molecule has 1 aliphatic heterocycles. The molecule has 6 nitrogen and oxygen atoms in total. The predicted molar refractivity (Wildman–Crippen MR) is 126 cm³/mol. The highest BCUT2D eigenvalue weighted by atomic mass is 32.1. The molecule has 2 aliphatic rings. The van der Waals surface area contributed by atoms with Crippen LogP contribution in [0.2, 0.25) is 0 Å². The van der Waals surface area contributed by atoms with Gasteiger partial charge in [-0.3, -0.25) is 9.78 Å². The number of benzene rings is 1. The SMILES string of the molecule is Cc1nc2c(s1)CC[C@H]2C(=O)Nc1ccc(C[C@@H]2CC[C@H]([C@H](O)c3cccnc3)N2)cc1. The normalized spacial score (nSPS) is 23.1. The molecule has 32 heavy (non-hydrogen) atoms. The molecule has 0 saturated carbocycles. The lowest BCUT2D eigenvalue weighted by molar-refractivity contribution is -0.117. The van der Waals surface area contributed by atoms with E-state index in [4.69, 9.17) is 0 Å². The highest BCUT2D eigenvalue weighted by Gasteiger charge is 2.32. The minimum Gasteiger partial charge on any atom is -0.387 e. The van der Waals surface area contributed by atoms with Crippen molar-refractivity contribution in [3.05, 3.63) is 75.5 Å². The third kappa shape index (κ3) is 4.46. The molecule has 0 radical (unpaired) electrons. The lowest BCUT2D eigenvalue weighted by atomic mass is 10.0. The number of fused-ring (bicyclic) bond motifs is 1. The molecule has 3 heterocycles. The van der Waals surface area contributed by atoms with E-state index in [0.29, 0.717) is 6.04 Å². The highest BCUT2D eigenvalue weighted by Crippen LogP contribution is 2.37. The molecule has 1 aromatic carbocycles. The summed E-state index contributed by atoms with van der Waals surface area (Å²) < 4.78 is 0. The number of aromatic nitrogens is 2. The average molecular weight is 449 g/mol. The molecule has 1 saturated heterocycles. The molecule has 1 fully saturated rings. The van der Waals surface area contributed by atoms with Gasteiger partial charge in [-0.2, -0.15) is 0 Å². The molecule has 4 atom stereocenters. The molecule has 166 valence electrons. The number of aliphatic hydroxyl groups excluding tert-OH is 1. The monoisotopic (exact) mass is 448 g/mol. The van der Waals surface area contributed by atoms with Crippen LogP contribution in [-0.2, 0) is 17.6 Å². The van der Waals surface area contributed by atoms with Crippen molar-refractivity contribution in [2.24, 2.45) is 0 Å². The number of amides is 1. The van der Waals surface area contributed by atoms with Gasteiger partial charge in [-0.05, 0) is 62.8 Å². The van der Waals surface area contributed by atoms with Crippen molar-refractivity contribution in [1.29, 1.82) is 0 Å². The molecular weight excluding hydrogens is 420 g/mol. The van der Waals surface area contributed by atoms with Gasteiger partial charge in [-0.15, -0.1) is 11.3 Å². The van der Waals surface area contributed by atoms with E-state index >= 15 is 0 Å². The van der Waals surface area contributed by atoms with Crippen LogP contribution in [0.25, 0.3) is 0 Å². The summed E-state index contributed by atoms with van der Waals surface area (Å²) in [7, 11) is 0. The van der Waals surface area contributed by atoms with Crippen LogP contribution in [0.3, 0.4) is 0 Å². The molecular formula is C25H28N4O2S. The van der Waals surface area contributed by atoms with E-state index < -0.39 is 6.10 Å². The summed E-state index contributed by atoms with van der Waals surface area (Å²) in [4.78, 5) is 22.7. The zero-order valence-corrected chi connectivity index (χ0v) is 18.9. The molecule has 2 aromatic heterocycles. The van der Waals surface area contributed by atoms with Gasteiger partial charge in [0.25, 0.3) is 0 Å². The van der Waals surface area contributed by atoms with Crippen LogP contribution in [-0.4, -0.2) is 33.1 Å². The number of carbonyl (C=O) groups excluding carboxylic acids is 1. The first kappa shape index (κ1) is 21.2. The number of anilines is 1. The van der Waals surface area contributed by atoms with E-state index in [9.17, 15) is 9.90 Å². The van der Waals surface area contributed by atoms with Gasteiger partial charge in [-0.25, -0.2) is 4.98 Å². The molecule has 3 N–H and O–H groups in total. The molecule has 5 rings (SSSR count). The van der Waals surface area contributed by atoms with Gasteiger partial charge < -0.3 is 15.7 Å². The van der Waals surface area contributed by atoms with Crippen molar-refractivity contribution in [1.82, 2.24) is 15.3 Å². The van der Waals surface area contributed by atoms with Crippen molar-refractivity contribution in [2.45, 2.75) is 63.1 Å². The van der Waals surface area contributed by atoms with Crippen LogP contribution in [0.5, 0.6) is 0 Å². The number of nitrogens with zero attached hydrogens (tertiary/aromatic N) is 2. The second-order valence-corrected chi connectivity index (χ2v) is 10.1. The molecule has 1 amide bonds. The Labute approximate surface area is 192 Å². The van der Waals surface area contributed by atoms with Gasteiger partial charge in [0.1, 0.15) is 0 Å². The Morgan fingerprint density at radius 1 is 1.25 bits per heavy atom. The fourth-order valence-corrected chi connectivity index (χ4v) is 5.90. The maximum Gasteiger partial charge on any atom is 0.233 e. The van der Waals surface area contributed by atoms with Gasteiger partial charge in [0.15, 0.2) is 0 Å². The van der Waals surface area contributed by atoms with Crippen molar-refractivity contribution in [2.75, 3.05) is 5.32 Å². The Morgan fingerprint density at radius 3 is 2.88 bits per heavy atom. The van der Waals surface area contributed by atoms with Crippen LogP contribution in [0, 0.1) is 6.92 Å². The van der Waals surface area contributed by atoms with Crippen LogP contribution in [0.4, 0.5) is 5.69 Å². The molecule has 1 aliphatic carbocycles. The fraction of sp³-hybridized carbons (Fsp3) is 0.400. The second kappa shape index (κ2) is 9.10. The minimum absolute atomic E-state index is 0.0338. The number of pyridine rings is 1. The lowest BCUT2D eigenvalue weighted by Crippen LogP contribution is -2.35. The van der Waals surface area contributed by atoms with E-state index in [1.165, 1.54) is 10.4 Å². The topological polar surface area (TPSA) is 87.1 Å². The molecule has 0 bridgehead atoms. The zero-order chi connectivity index (χ0) is 22.1. The summed E-state index contributed by atoms with van der Waals surface area (Å²) in [6, 6.07) is 12.3. The highest BCUT2D eigenvalue weighted by molar-refractivity contribution is 7.11. The Morgan fingerprint density at radius 2 is 2.09 bits per heavy atom. The third-order valence-corrected chi connectivity index (χ3v) is 7.57. The summed E-state index contributed by atoms with van der Waals surface area (Å²) >= 11 is 1.71. The number of thiazole rings is 1. The number of aryl methyl sites for hydroxylation is 2. The summed E-state index contributed by atoms with van der Waals surface area (Å²) in [5.41, 5.74) is 3.86. The smallest absolute Gasteiger partial charge is 0.233 e. The zero-order valence-electron chi connectivity index (χ0n) is 18.1. The number of aliphatic hydroxyl groups is 1. The van der Waals surface area contributed by atoms with Crippen LogP contribution >= 0.6 is 11.3 Å². The Kier molecular flexibility index (Phi) is 6.04. The minimum atomic E-state index is -0.538. The van der Waals surface area contributed by atoms with Gasteiger partial charge in [0.2, 0.25) is 5.91 Å². The molecule has 7 heteroatoms. The number of rotatable bonds is 6. The molecule has 0 unspecified atom stereocenters. The summed E-state index contributed by atoms with van der Waals surface area (Å²) in [6.45, 7) is 2.00. The predicted octanol–water partition coefficient (Wildman–Crippen LogP) is 3.91. The van der Waals surface area contributed by atoms with Crippen molar-refractivity contribution < 1.29 is 9.90 Å². The van der Waals surface area contributed by atoms with Crippen LogP contribution in [0.15, 0.2) is 48.8 Å². The largest absolute Gasteiger partial charge is 0.387 e. The van der Waals surface area contributed by atoms with E-state index in [1.807, 2.05) is 31.2 Å². The lowest BCUT2D eigenvalue weighted by Gasteiger charge is -2.20. The number of hydrogen-bond donors (Lipinski definition) is 3. The Hall–Kier alpha value is -2.61. The van der Waals surface area contributed by atoms with E-state index in [0.717, 1.165) is 54.1 Å². The molecule has 3 aromatic rings. The van der Waals surface area contributed by atoms with Gasteiger partial charge >= 0.3 is 0 Å². The maximum absolute atomic E-state index is 12.8. The van der Waals surface area contributed by atoms with Gasteiger partial charge in [0, 0.05) is 40.6 Å². The van der Waals surface area contributed by atoms with Crippen molar-refractivity contribution in [3.63, 3.8) is 0 Å². The third-order valence-electron chi connectivity index (χ3n) is 6.53. The van der Waals surface area contributed by atoms with E-state index in [1.54, 1.807) is 23.7 Å². The summed E-state index contributed by atoms with van der Waals surface area (Å²) in [5, 5.41) is 18.3. The Balaban J connectivity index is 1.15. The van der Waals surface area contributed by atoms with Crippen molar-refractivity contribution in [3.8, 4) is 0 Å². The summed E-state index contributed by atoms with van der Waals surface area (Å²) in [5.74, 6) is -0.105. The standard InChI is InChI=1S/C25H28N4O2S/c1-15-27-23-20(9-11-22(23)32-15)25(31)29-18-6-4-16(5-7-18)13-19-8-10-21(28-19)24(30)17-3-2-12-26-14-17/h2-7,12,14,19-21,24,28,30H,8-11,13H2,1H3,(H,29,31)/t19-,20+,21+,24+/m0/s1. The fourth-order valence-electron chi connectivity index (χ4n) is 4.89. The van der Waals surface area contributed by atoms with E-state index in [-0.39, 0.29) is 17.9 Å². The number of nitrogens with one attached hydrogen (secondary N) is 2. The Bertz CT molecular complexity index is 1080. The first-order valence-electron chi connectivity index (χ1n) is 11.3. The van der Waals surface area contributed by atoms with E-state index in [2.05, 4.69) is 32.7 Å².